The highest BCUT2D eigenvalue weighted by Crippen LogP contribution is 2.29. The molecule has 3 nitrogen and oxygen atoms in total. The molecule has 0 radical (unpaired) electrons. The Hall–Kier alpha value is -0.570. The number of carboxylic acid groups (broad SMARTS) is 1. The van der Waals surface area contributed by atoms with Crippen LogP contribution in [0.25, 0.3) is 0 Å². The second-order valence-corrected chi connectivity index (χ2v) is 2.46. The maximum absolute atomic E-state index is 8.91. The Bertz CT molecular complexity index is 82.3. The molecule has 0 amide bonds. The van der Waals surface area contributed by atoms with Gasteiger partial charge in [-0.2, -0.15) is 0 Å². The molecule has 0 spiro atoms. The van der Waals surface area contributed by atoms with E-state index in [0.29, 0.717) is 0 Å². The molecular weight excluding hydrogens is 120 g/mol. The van der Waals surface area contributed by atoms with Crippen LogP contribution in [0.3, 0.4) is 0 Å². The molecule has 1 aliphatic carbocycles. The second-order valence-electron chi connectivity index (χ2n) is 2.46. The van der Waals surface area contributed by atoms with E-state index in [0.717, 1.165) is 12.8 Å². The van der Waals surface area contributed by atoms with E-state index >= 15 is 0 Å². The SMILES string of the molecule is CC1(O)CCC1.O=CO. The van der Waals surface area contributed by atoms with Crippen molar-refractivity contribution < 1.29 is 15.0 Å². The molecule has 1 aliphatic rings. The summed E-state index contributed by atoms with van der Waals surface area (Å²) in [5, 5.41) is 15.8. The third kappa shape index (κ3) is 3.97. The molecule has 0 aromatic rings. The van der Waals surface area contributed by atoms with Crippen LogP contribution < -0.4 is 0 Å². The van der Waals surface area contributed by atoms with E-state index in [1.54, 1.807) is 0 Å². The third-order valence-corrected chi connectivity index (χ3v) is 1.43. The van der Waals surface area contributed by atoms with Crippen molar-refractivity contribution in [1.29, 1.82) is 0 Å². The summed E-state index contributed by atoms with van der Waals surface area (Å²) >= 11 is 0. The summed E-state index contributed by atoms with van der Waals surface area (Å²) < 4.78 is 0. The lowest BCUT2D eigenvalue weighted by Crippen LogP contribution is -2.32. The predicted molar refractivity (Wildman–Crippen MR) is 33.2 cm³/mol. The monoisotopic (exact) mass is 132 g/mol. The zero-order valence-electron chi connectivity index (χ0n) is 5.50. The minimum atomic E-state index is -0.278. The van der Waals surface area contributed by atoms with Crippen molar-refractivity contribution in [3.05, 3.63) is 0 Å². The Labute approximate surface area is 54.3 Å². The van der Waals surface area contributed by atoms with Gasteiger partial charge in [0.05, 0.1) is 5.60 Å². The summed E-state index contributed by atoms with van der Waals surface area (Å²) in [6.07, 6.45) is 3.23. The molecule has 3 heteroatoms. The molecule has 1 rings (SSSR count). The normalized spacial score (nSPS) is 20.7. The van der Waals surface area contributed by atoms with Gasteiger partial charge in [0.15, 0.2) is 0 Å². The molecule has 1 fully saturated rings. The lowest BCUT2D eigenvalue weighted by molar-refractivity contribution is -0.122. The van der Waals surface area contributed by atoms with E-state index in [4.69, 9.17) is 15.0 Å². The molecule has 0 saturated heterocycles. The van der Waals surface area contributed by atoms with Gasteiger partial charge in [-0.1, -0.05) is 0 Å². The first-order chi connectivity index (χ1) is 4.12. The first kappa shape index (κ1) is 8.43. The first-order valence-corrected chi connectivity index (χ1v) is 2.92. The molecule has 0 atom stereocenters. The summed E-state index contributed by atoms with van der Waals surface area (Å²) in [5.74, 6) is 0. The van der Waals surface area contributed by atoms with Crippen LogP contribution in [0, 0.1) is 0 Å². The smallest absolute Gasteiger partial charge is 0.290 e. The van der Waals surface area contributed by atoms with E-state index in [1.807, 2.05) is 6.92 Å². The van der Waals surface area contributed by atoms with Crippen molar-refractivity contribution in [2.75, 3.05) is 0 Å². The van der Waals surface area contributed by atoms with E-state index in [-0.39, 0.29) is 12.1 Å². The minimum absolute atomic E-state index is 0.250. The Balaban J connectivity index is 0.000000187. The van der Waals surface area contributed by atoms with E-state index in [2.05, 4.69) is 0 Å². The van der Waals surface area contributed by atoms with Crippen LogP contribution in [0.5, 0.6) is 0 Å². The van der Waals surface area contributed by atoms with Gasteiger partial charge in [0.2, 0.25) is 0 Å². The van der Waals surface area contributed by atoms with Gasteiger partial charge < -0.3 is 10.2 Å². The van der Waals surface area contributed by atoms with Crippen LogP contribution in [-0.4, -0.2) is 22.3 Å². The average Bonchev–Trinajstić information content (AvgIpc) is 1.65. The molecule has 0 aromatic carbocycles. The van der Waals surface area contributed by atoms with Gasteiger partial charge in [0.1, 0.15) is 0 Å². The zero-order valence-corrected chi connectivity index (χ0v) is 5.50. The molecule has 9 heavy (non-hydrogen) atoms. The van der Waals surface area contributed by atoms with Crippen LogP contribution in [-0.2, 0) is 4.79 Å². The predicted octanol–water partition coefficient (Wildman–Crippen LogP) is 0.622. The number of rotatable bonds is 0. The molecule has 54 valence electrons. The van der Waals surface area contributed by atoms with Crippen molar-refractivity contribution in [2.45, 2.75) is 31.8 Å². The zero-order chi connectivity index (χ0) is 7.33. The van der Waals surface area contributed by atoms with Crippen molar-refractivity contribution in [3.63, 3.8) is 0 Å². The molecule has 0 heterocycles. The van der Waals surface area contributed by atoms with Crippen molar-refractivity contribution in [3.8, 4) is 0 Å². The fourth-order valence-electron chi connectivity index (χ4n) is 0.688. The second kappa shape index (κ2) is 3.45. The van der Waals surface area contributed by atoms with Gasteiger partial charge in [0.25, 0.3) is 6.47 Å². The molecule has 0 aromatic heterocycles. The van der Waals surface area contributed by atoms with Crippen LogP contribution in [0.2, 0.25) is 0 Å². The van der Waals surface area contributed by atoms with Gasteiger partial charge in [0, 0.05) is 0 Å². The van der Waals surface area contributed by atoms with Gasteiger partial charge in [-0.15, -0.1) is 0 Å². The van der Waals surface area contributed by atoms with E-state index < -0.39 is 0 Å². The molecule has 1 saturated carbocycles. The molecule has 0 aliphatic heterocycles. The highest BCUT2D eigenvalue weighted by molar-refractivity contribution is 5.32. The van der Waals surface area contributed by atoms with E-state index in [9.17, 15) is 0 Å². The number of hydrogen-bond acceptors (Lipinski definition) is 2. The van der Waals surface area contributed by atoms with Crippen LogP contribution in [0.1, 0.15) is 26.2 Å². The quantitative estimate of drug-likeness (QED) is 0.475. The highest BCUT2D eigenvalue weighted by Gasteiger charge is 2.27. The number of hydrogen-bond donors (Lipinski definition) is 2. The molecule has 0 unspecified atom stereocenters. The van der Waals surface area contributed by atoms with Crippen molar-refractivity contribution >= 4 is 6.47 Å². The van der Waals surface area contributed by atoms with Gasteiger partial charge >= 0.3 is 0 Å². The Morgan fingerprint density at radius 3 is 1.78 bits per heavy atom. The van der Waals surface area contributed by atoms with Crippen LogP contribution >= 0.6 is 0 Å². The van der Waals surface area contributed by atoms with Gasteiger partial charge in [-0.05, 0) is 26.2 Å². The maximum Gasteiger partial charge on any atom is 0.290 e. The summed E-state index contributed by atoms with van der Waals surface area (Å²) in [5.41, 5.74) is -0.278. The minimum Gasteiger partial charge on any atom is -0.483 e. The standard InChI is InChI=1S/C5H10O.CH2O2/c1-5(6)3-2-4-5;2-1-3/h6H,2-4H2,1H3;1H,(H,2,3). The van der Waals surface area contributed by atoms with Crippen LogP contribution in [0.15, 0.2) is 0 Å². The van der Waals surface area contributed by atoms with Crippen molar-refractivity contribution in [2.24, 2.45) is 0 Å². The van der Waals surface area contributed by atoms with Gasteiger partial charge in [-0.25, -0.2) is 0 Å². The molecular formula is C6H12O3. The molecule has 2 N–H and O–H groups in total. The van der Waals surface area contributed by atoms with E-state index in [1.165, 1.54) is 6.42 Å². The van der Waals surface area contributed by atoms with Crippen LogP contribution in [0.4, 0.5) is 0 Å². The Morgan fingerprint density at radius 2 is 1.78 bits per heavy atom. The maximum atomic E-state index is 8.91. The summed E-state index contributed by atoms with van der Waals surface area (Å²) in [7, 11) is 0. The summed E-state index contributed by atoms with van der Waals surface area (Å²) in [6, 6.07) is 0. The lowest BCUT2D eigenvalue weighted by atomic mass is 9.82. The van der Waals surface area contributed by atoms with Crippen molar-refractivity contribution in [1.82, 2.24) is 0 Å². The Kier molecular flexibility index (Phi) is 3.24. The Morgan fingerprint density at radius 1 is 1.56 bits per heavy atom. The lowest BCUT2D eigenvalue weighted by Gasteiger charge is -2.31. The summed E-state index contributed by atoms with van der Waals surface area (Å²) in [4.78, 5) is 8.36. The third-order valence-electron chi connectivity index (χ3n) is 1.43. The highest BCUT2D eigenvalue weighted by atomic mass is 16.3. The van der Waals surface area contributed by atoms with Gasteiger partial charge in [-0.3, -0.25) is 4.79 Å². The number of aliphatic hydroxyl groups is 1. The fourth-order valence-corrected chi connectivity index (χ4v) is 0.688. The summed E-state index contributed by atoms with van der Waals surface area (Å²) in [6.45, 7) is 1.64. The first-order valence-electron chi connectivity index (χ1n) is 2.92. The topological polar surface area (TPSA) is 57.5 Å². The average molecular weight is 132 g/mol. The largest absolute Gasteiger partial charge is 0.483 e. The molecule has 0 bridgehead atoms. The number of carbonyl (C=O) groups is 1. The fraction of sp³-hybridized carbons (Fsp3) is 0.833.